The van der Waals surface area contributed by atoms with Crippen LogP contribution in [0.25, 0.3) is 0 Å². The lowest BCUT2D eigenvalue weighted by atomic mass is 10.1. The van der Waals surface area contributed by atoms with Crippen molar-refractivity contribution >= 4 is 5.82 Å². The normalized spacial score (nSPS) is 15.1. The number of anilines is 1. The standard InChI is InChI=1S/C9H15N3O2/c1-11-5-7(13)9(14)6-2-3-12-8(10)4-6/h2-4,7,9,11,13-14H,5H2,1H3,(H2,10,12). The molecule has 1 rings (SSSR count). The van der Waals surface area contributed by atoms with Crippen LogP contribution in [0.2, 0.25) is 0 Å². The molecule has 0 fully saturated rings. The van der Waals surface area contributed by atoms with E-state index in [0.717, 1.165) is 0 Å². The Kier molecular flexibility index (Phi) is 3.82. The predicted molar refractivity (Wildman–Crippen MR) is 53.5 cm³/mol. The molecule has 1 aromatic rings. The summed E-state index contributed by atoms with van der Waals surface area (Å²) in [4.78, 5) is 3.80. The third-order valence-corrected chi connectivity index (χ3v) is 1.92. The van der Waals surface area contributed by atoms with E-state index in [1.165, 1.54) is 6.20 Å². The number of nitrogens with one attached hydrogen (secondary N) is 1. The van der Waals surface area contributed by atoms with Gasteiger partial charge in [-0.3, -0.25) is 0 Å². The molecule has 0 amide bonds. The molecule has 0 spiro atoms. The number of likely N-dealkylation sites (N-methyl/N-ethyl adjacent to an activating group) is 1. The zero-order valence-corrected chi connectivity index (χ0v) is 8.01. The summed E-state index contributed by atoms with van der Waals surface area (Å²) in [5, 5.41) is 21.9. The van der Waals surface area contributed by atoms with Crippen molar-refractivity contribution in [3.05, 3.63) is 23.9 Å². The summed E-state index contributed by atoms with van der Waals surface area (Å²) in [6.07, 6.45) is -0.283. The van der Waals surface area contributed by atoms with Crippen LogP contribution in [0, 0.1) is 0 Å². The number of aromatic nitrogens is 1. The van der Waals surface area contributed by atoms with Gasteiger partial charge in [-0.15, -0.1) is 0 Å². The zero-order chi connectivity index (χ0) is 10.6. The number of hydrogen-bond donors (Lipinski definition) is 4. The van der Waals surface area contributed by atoms with E-state index >= 15 is 0 Å². The summed E-state index contributed by atoms with van der Waals surface area (Å²) in [6, 6.07) is 3.17. The van der Waals surface area contributed by atoms with Crippen molar-refractivity contribution in [2.45, 2.75) is 12.2 Å². The van der Waals surface area contributed by atoms with Crippen LogP contribution in [0.5, 0.6) is 0 Å². The van der Waals surface area contributed by atoms with Crippen LogP contribution in [0.15, 0.2) is 18.3 Å². The van der Waals surface area contributed by atoms with Crippen molar-refractivity contribution in [2.75, 3.05) is 19.3 Å². The fourth-order valence-electron chi connectivity index (χ4n) is 1.19. The highest BCUT2D eigenvalue weighted by Gasteiger charge is 2.17. The molecule has 0 bridgehead atoms. The maximum Gasteiger partial charge on any atom is 0.123 e. The predicted octanol–water partition coefficient (Wildman–Crippen LogP) is -0.723. The van der Waals surface area contributed by atoms with Crippen LogP contribution in [0.3, 0.4) is 0 Å². The Hall–Kier alpha value is -1.17. The van der Waals surface area contributed by atoms with E-state index in [9.17, 15) is 10.2 Å². The summed E-state index contributed by atoms with van der Waals surface area (Å²) < 4.78 is 0. The van der Waals surface area contributed by atoms with E-state index in [4.69, 9.17) is 5.73 Å². The fourth-order valence-corrected chi connectivity index (χ4v) is 1.19. The molecule has 0 aromatic carbocycles. The van der Waals surface area contributed by atoms with E-state index in [1.807, 2.05) is 0 Å². The summed E-state index contributed by atoms with van der Waals surface area (Å²) >= 11 is 0. The van der Waals surface area contributed by atoms with Gasteiger partial charge in [-0.2, -0.15) is 0 Å². The molecule has 0 aliphatic carbocycles. The van der Waals surface area contributed by atoms with Gasteiger partial charge < -0.3 is 21.3 Å². The number of rotatable bonds is 4. The van der Waals surface area contributed by atoms with E-state index in [-0.39, 0.29) is 0 Å². The average molecular weight is 197 g/mol. The molecule has 5 heteroatoms. The van der Waals surface area contributed by atoms with Crippen LogP contribution in [0.1, 0.15) is 11.7 Å². The van der Waals surface area contributed by atoms with Crippen molar-refractivity contribution in [3.8, 4) is 0 Å². The zero-order valence-electron chi connectivity index (χ0n) is 8.01. The minimum Gasteiger partial charge on any atom is -0.389 e. The molecule has 0 saturated carbocycles. The number of nitrogen functional groups attached to an aromatic ring is 1. The van der Waals surface area contributed by atoms with Gasteiger partial charge in [-0.1, -0.05) is 0 Å². The van der Waals surface area contributed by atoms with Crippen LogP contribution >= 0.6 is 0 Å². The van der Waals surface area contributed by atoms with Gasteiger partial charge in [0.1, 0.15) is 11.9 Å². The molecule has 5 N–H and O–H groups in total. The molecule has 2 unspecified atom stereocenters. The first-order chi connectivity index (χ1) is 6.65. The summed E-state index contributed by atoms with van der Waals surface area (Å²) in [7, 11) is 1.71. The lowest BCUT2D eigenvalue weighted by Gasteiger charge is -2.17. The molecule has 2 atom stereocenters. The fraction of sp³-hybridized carbons (Fsp3) is 0.444. The molecule has 0 aliphatic rings. The minimum atomic E-state index is -0.937. The van der Waals surface area contributed by atoms with Crippen LogP contribution in [-0.2, 0) is 0 Å². The van der Waals surface area contributed by atoms with Gasteiger partial charge in [-0.05, 0) is 24.7 Å². The first kappa shape index (κ1) is 10.9. The van der Waals surface area contributed by atoms with Crippen LogP contribution in [-0.4, -0.2) is 34.9 Å². The molecule has 5 nitrogen and oxygen atoms in total. The van der Waals surface area contributed by atoms with Gasteiger partial charge >= 0.3 is 0 Å². The second kappa shape index (κ2) is 4.90. The second-order valence-electron chi connectivity index (χ2n) is 3.08. The molecule has 0 aliphatic heterocycles. The highest BCUT2D eigenvalue weighted by Crippen LogP contribution is 2.17. The highest BCUT2D eigenvalue weighted by atomic mass is 16.3. The second-order valence-corrected chi connectivity index (χ2v) is 3.08. The van der Waals surface area contributed by atoms with E-state index < -0.39 is 12.2 Å². The lowest BCUT2D eigenvalue weighted by molar-refractivity contribution is 0.0202. The van der Waals surface area contributed by atoms with Gasteiger partial charge in [-0.25, -0.2) is 4.98 Å². The molecule has 0 radical (unpaired) electrons. The Morgan fingerprint density at radius 3 is 2.86 bits per heavy atom. The molecule has 0 saturated heterocycles. The Morgan fingerprint density at radius 2 is 2.29 bits per heavy atom. The quantitative estimate of drug-likeness (QED) is 0.511. The largest absolute Gasteiger partial charge is 0.389 e. The number of aliphatic hydroxyl groups is 2. The van der Waals surface area contributed by atoms with Crippen molar-refractivity contribution in [1.29, 1.82) is 0 Å². The molecule has 1 heterocycles. The topological polar surface area (TPSA) is 91.4 Å². The molecule has 78 valence electrons. The number of aliphatic hydroxyl groups excluding tert-OH is 2. The maximum absolute atomic E-state index is 9.67. The number of nitrogens with zero attached hydrogens (tertiary/aromatic N) is 1. The number of nitrogens with two attached hydrogens (primary N) is 1. The minimum absolute atomic E-state index is 0.323. The SMILES string of the molecule is CNCC(O)C(O)c1ccnc(N)c1. The van der Waals surface area contributed by atoms with Gasteiger partial charge in [0, 0.05) is 12.7 Å². The summed E-state index contributed by atoms with van der Waals surface area (Å²) in [6.45, 7) is 0.323. The molecular formula is C9H15N3O2. The van der Waals surface area contributed by atoms with Crippen molar-refractivity contribution < 1.29 is 10.2 Å². The third-order valence-electron chi connectivity index (χ3n) is 1.92. The van der Waals surface area contributed by atoms with Gasteiger partial charge in [0.25, 0.3) is 0 Å². The van der Waals surface area contributed by atoms with Crippen LogP contribution in [0.4, 0.5) is 5.82 Å². The Balaban J connectivity index is 2.73. The van der Waals surface area contributed by atoms with E-state index in [2.05, 4.69) is 10.3 Å². The average Bonchev–Trinajstić information content (AvgIpc) is 2.17. The van der Waals surface area contributed by atoms with Crippen molar-refractivity contribution in [3.63, 3.8) is 0 Å². The van der Waals surface area contributed by atoms with Crippen molar-refractivity contribution in [1.82, 2.24) is 10.3 Å². The molecular weight excluding hydrogens is 182 g/mol. The molecule has 14 heavy (non-hydrogen) atoms. The van der Waals surface area contributed by atoms with Crippen molar-refractivity contribution in [2.24, 2.45) is 0 Å². The van der Waals surface area contributed by atoms with E-state index in [1.54, 1.807) is 19.2 Å². The van der Waals surface area contributed by atoms with Gasteiger partial charge in [0.05, 0.1) is 6.10 Å². The van der Waals surface area contributed by atoms with E-state index in [0.29, 0.717) is 17.9 Å². The highest BCUT2D eigenvalue weighted by molar-refractivity contribution is 5.33. The summed E-state index contributed by atoms with van der Waals surface area (Å²) in [5.74, 6) is 0.332. The van der Waals surface area contributed by atoms with Crippen LogP contribution < -0.4 is 11.1 Å². The van der Waals surface area contributed by atoms with Gasteiger partial charge in [0.15, 0.2) is 0 Å². The Morgan fingerprint density at radius 1 is 1.57 bits per heavy atom. The number of hydrogen-bond acceptors (Lipinski definition) is 5. The van der Waals surface area contributed by atoms with Gasteiger partial charge in [0.2, 0.25) is 0 Å². The Labute approximate surface area is 82.6 Å². The molecule has 1 aromatic heterocycles. The first-order valence-electron chi connectivity index (χ1n) is 4.37. The maximum atomic E-state index is 9.67. The number of pyridine rings is 1. The third kappa shape index (κ3) is 2.66. The summed E-state index contributed by atoms with van der Waals surface area (Å²) in [5.41, 5.74) is 6.02. The monoisotopic (exact) mass is 197 g/mol. The smallest absolute Gasteiger partial charge is 0.123 e. The Bertz CT molecular complexity index is 293. The first-order valence-corrected chi connectivity index (χ1v) is 4.37. The lowest BCUT2D eigenvalue weighted by Crippen LogP contribution is -2.29.